The zero-order chi connectivity index (χ0) is 13.8. The van der Waals surface area contributed by atoms with Gasteiger partial charge in [-0.15, -0.1) is 0 Å². The molecule has 0 aliphatic carbocycles. The standard InChI is InChI=1S/C14H20BrNO3/c1-18-12-3-4-14(15)10(5-12)7-16-8-13(19-2)6-11(16)9-17/h3-5,11,13,17H,6-9H2,1-2H3/t11-,13-/m0/s1. The molecule has 1 aromatic rings. The quantitative estimate of drug-likeness (QED) is 0.897. The summed E-state index contributed by atoms with van der Waals surface area (Å²) < 4.78 is 11.7. The second kappa shape index (κ2) is 6.70. The van der Waals surface area contributed by atoms with E-state index >= 15 is 0 Å². The molecule has 5 heteroatoms. The Morgan fingerprint density at radius 3 is 2.84 bits per heavy atom. The predicted molar refractivity (Wildman–Crippen MR) is 77.4 cm³/mol. The second-order valence-corrected chi connectivity index (χ2v) is 5.67. The second-order valence-electron chi connectivity index (χ2n) is 4.82. The first kappa shape index (κ1) is 14.8. The Bertz CT molecular complexity index is 427. The summed E-state index contributed by atoms with van der Waals surface area (Å²) in [5.74, 6) is 0.848. The summed E-state index contributed by atoms with van der Waals surface area (Å²) in [4.78, 5) is 2.26. The zero-order valence-corrected chi connectivity index (χ0v) is 12.9. The molecule has 0 amide bonds. The molecule has 1 saturated heterocycles. The Hall–Kier alpha value is -0.620. The molecule has 2 atom stereocenters. The molecule has 0 aromatic heterocycles. The van der Waals surface area contributed by atoms with Crippen LogP contribution in [0.5, 0.6) is 5.75 Å². The van der Waals surface area contributed by atoms with Crippen molar-refractivity contribution in [3.8, 4) is 5.75 Å². The maximum Gasteiger partial charge on any atom is 0.119 e. The maximum absolute atomic E-state index is 9.46. The summed E-state index contributed by atoms with van der Waals surface area (Å²) in [6.45, 7) is 1.80. The van der Waals surface area contributed by atoms with E-state index < -0.39 is 0 Å². The molecule has 2 rings (SSSR count). The van der Waals surface area contributed by atoms with Crippen LogP contribution in [0.15, 0.2) is 22.7 Å². The molecule has 1 aliphatic rings. The van der Waals surface area contributed by atoms with Gasteiger partial charge < -0.3 is 14.6 Å². The fourth-order valence-corrected chi connectivity index (χ4v) is 2.88. The highest BCUT2D eigenvalue weighted by Gasteiger charge is 2.31. The number of benzene rings is 1. The van der Waals surface area contributed by atoms with Crippen LogP contribution in [-0.2, 0) is 11.3 Å². The number of rotatable bonds is 5. The summed E-state index contributed by atoms with van der Waals surface area (Å²) >= 11 is 3.56. The third-order valence-corrected chi connectivity index (χ3v) is 4.43. The van der Waals surface area contributed by atoms with E-state index in [4.69, 9.17) is 9.47 Å². The molecule has 1 N–H and O–H groups in total. The molecule has 1 aromatic carbocycles. The first-order valence-electron chi connectivity index (χ1n) is 6.38. The van der Waals surface area contributed by atoms with Crippen LogP contribution in [0.25, 0.3) is 0 Å². The van der Waals surface area contributed by atoms with Crippen LogP contribution >= 0.6 is 15.9 Å². The number of hydrogen-bond acceptors (Lipinski definition) is 4. The van der Waals surface area contributed by atoms with Gasteiger partial charge in [-0.1, -0.05) is 15.9 Å². The van der Waals surface area contributed by atoms with E-state index in [9.17, 15) is 5.11 Å². The van der Waals surface area contributed by atoms with Crippen LogP contribution in [0.4, 0.5) is 0 Å². The van der Waals surface area contributed by atoms with Crippen molar-refractivity contribution >= 4 is 15.9 Å². The van der Waals surface area contributed by atoms with Gasteiger partial charge in [-0.05, 0) is 30.2 Å². The number of likely N-dealkylation sites (tertiary alicyclic amines) is 1. The van der Waals surface area contributed by atoms with E-state index in [2.05, 4.69) is 20.8 Å². The van der Waals surface area contributed by atoms with Crippen molar-refractivity contribution in [1.29, 1.82) is 0 Å². The Balaban J connectivity index is 2.11. The van der Waals surface area contributed by atoms with E-state index in [1.165, 1.54) is 0 Å². The number of halogens is 1. The number of hydrogen-bond donors (Lipinski definition) is 1. The molecular weight excluding hydrogens is 310 g/mol. The average molecular weight is 330 g/mol. The minimum absolute atomic E-state index is 0.168. The van der Waals surface area contributed by atoms with Crippen LogP contribution < -0.4 is 4.74 Å². The fourth-order valence-electron chi connectivity index (χ4n) is 2.51. The molecule has 4 nitrogen and oxygen atoms in total. The third kappa shape index (κ3) is 3.48. The molecule has 0 unspecified atom stereocenters. The summed E-state index contributed by atoms with van der Waals surface area (Å²) in [5, 5.41) is 9.46. The predicted octanol–water partition coefficient (Wildman–Crippen LogP) is 2.04. The van der Waals surface area contributed by atoms with Crippen molar-refractivity contribution in [2.45, 2.75) is 25.1 Å². The number of ether oxygens (including phenoxy) is 2. The highest BCUT2D eigenvalue weighted by molar-refractivity contribution is 9.10. The average Bonchev–Trinajstić information content (AvgIpc) is 2.83. The molecule has 0 saturated carbocycles. The van der Waals surface area contributed by atoms with Crippen molar-refractivity contribution in [2.75, 3.05) is 27.4 Å². The highest BCUT2D eigenvalue weighted by Crippen LogP contribution is 2.27. The van der Waals surface area contributed by atoms with Crippen molar-refractivity contribution in [2.24, 2.45) is 0 Å². The van der Waals surface area contributed by atoms with Gasteiger partial charge >= 0.3 is 0 Å². The van der Waals surface area contributed by atoms with Gasteiger partial charge in [-0.25, -0.2) is 0 Å². The van der Waals surface area contributed by atoms with Gasteiger partial charge in [0.1, 0.15) is 5.75 Å². The van der Waals surface area contributed by atoms with Crippen LogP contribution in [0.2, 0.25) is 0 Å². The summed E-state index contributed by atoms with van der Waals surface area (Å²) in [6.07, 6.45) is 1.09. The lowest BCUT2D eigenvalue weighted by Gasteiger charge is -2.23. The molecule has 0 bridgehead atoms. The lowest BCUT2D eigenvalue weighted by atomic mass is 10.1. The van der Waals surface area contributed by atoms with Crippen molar-refractivity contribution in [3.05, 3.63) is 28.2 Å². The monoisotopic (exact) mass is 329 g/mol. The molecular formula is C14H20BrNO3. The number of aliphatic hydroxyl groups excluding tert-OH is 1. The van der Waals surface area contributed by atoms with Gasteiger partial charge in [0.15, 0.2) is 0 Å². The van der Waals surface area contributed by atoms with E-state index in [-0.39, 0.29) is 18.8 Å². The first-order valence-corrected chi connectivity index (χ1v) is 7.17. The van der Waals surface area contributed by atoms with E-state index in [0.717, 1.165) is 35.3 Å². The van der Waals surface area contributed by atoms with Crippen LogP contribution in [-0.4, -0.2) is 49.5 Å². The fraction of sp³-hybridized carbons (Fsp3) is 0.571. The Morgan fingerprint density at radius 2 is 2.21 bits per heavy atom. The Kier molecular flexibility index (Phi) is 5.21. The summed E-state index contributed by atoms with van der Waals surface area (Å²) in [5.41, 5.74) is 1.16. The minimum Gasteiger partial charge on any atom is -0.497 e. The lowest BCUT2D eigenvalue weighted by molar-refractivity contribution is 0.107. The molecule has 19 heavy (non-hydrogen) atoms. The molecule has 1 aliphatic heterocycles. The molecule has 106 valence electrons. The van der Waals surface area contributed by atoms with Crippen molar-refractivity contribution in [1.82, 2.24) is 4.90 Å². The largest absolute Gasteiger partial charge is 0.497 e. The van der Waals surface area contributed by atoms with Crippen LogP contribution in [0, 0.1) is 0 Å². The highest BCUT2D eigenvalue weighted by atomic mass is 79.9. The minimum atomic E-state index is 0.168. The summed E-state index contributed by atoms with van der Waals surface area (Å²) in [7, 11) is 3.39. The maximum atomic E-state index is 9.46. The van der Waals surface area contributed by atoms with Gasteiger partial charge in [0, 0.05) is 30.7 Å². The molecule has 0 radical (unpaired) electrons. The first-order chi connectivity index (χ1) is 9.17. The number of methoxy groups -OCH3 is 2. The number of aliphatic hydroxyl groups is 1. The van der Waals surface area contributed by atoms with Gasteiger partial charge in [0.05, 0.1) is 19.8 Å². The zero-order valence-electron chi connectivity index (χ0n) is 11.3. The normalized spacial score (nSPS) is 23.8. The molecule has 1 fully saturated rings. The van der Waals surface area contributed by atoms with E-state index in [0.29, 0.717) is 0 Å². The van der Waals surface area contributed by atoms with Crippen molar-refractivity contribution in [3.63, 3.8) is 0 Å². The third-order valence-electron chi connectivity index (χ3n) is 3.66. The van der Waals surface area contributed by atoms with Crippen LogP contribution in [0.1, 0.15) is 12.0 Å². The van der Waals surface area contributed by atoms with Gasteiger partial charge in [0.2, 0.25) is 0 Å². The Labute approximate surface area is 122 Å². The summed E-state index contributed by atoms with van der Waals surface area (Å²) in [6, 6.07) is 6.12. The van der Waals surface area contributed by atoms with Gasteiger partial charge in [0.25, 0.3) is 0 Å². The lowest BCUT2D eigenvalue weighted by Crippen LogP contribution is -2.32. The SMILES string of the molecule is COc1ccc(Br)c(CN2C[C@@H](OC)C[C@H]2CO)c1. The molecule has 0 spiro atoms. The van der Waals surface area contributed by atoms with E-state index in [1.807, 2.05) is 18.2 Å². The molecule has 1 heterocycles. The van der Waals surface area contributed by atoms with Crippen LogP contribution in [0.3, 0.4) is 0 Å². The Morgan fingerprint density at radius 1 is 1.42 bits per heavy atom. The smallest absolute Gasteiger partial charge is 0.119 e. The van der Waals surface area contributed by atoms with Gasteiger partial charge in [-0.3, -0.25) is 4.90 Å². The van der Waals surface area contributed by atoms with Gasteiger partial charge in [-0.2, -0.15) is 0 Å². The number of nitrogens with zero attached hydrogens (tertiary/aromatic N) is 1. The topological polar surface area (TPSA) is 41.9 Å². The van der Waals surface area contributed by atoms with E-state index in [1.54, 1.807) is 14.2 Å². The van der Waals surface area contributed by atoms with Crippen molar-refractivity contribution < 1.29 is 14.6 Å².